The van der Waals surface area contributed by atoms with Crippen molar-refractivity contribution in [3.05, 3.63) is 0 Å². The Morgan fingerprint density at radius 2 is 1.76 bits per heavy atom. The Bertz CT molecular complexity index is 357. The Morgan fingerprint density at radius 1 is 1.24 bits per heavy atom. The first kappa shape index (κ1) is 16.4. The van der Waals surface area contributed by atoms with Crippen LogP contribution in [0.15, 0.2) is 0 Å². The van der Waals surface area contributed by atoms with E-state index in [1.807, 2.05) is 33.8 Å². The zero-order chi connectivity index (χ0) is 13.6. The summed E-state index contributed by atoms with van der Waals surface area (Å²) < 4.78 is 27.2. The number of nitrogens with zero attached hydrogens (tertiary/aromatic N) is 3. The number of hydrogen-bond donors (Lipinski definition) is 0. The Labute approximate surface area is 105 Å². The quantitative estimate of drug-likeness (QED) is 0.696. The summed E-state index contributed by atoms with van der Waals surface area (Å²) in [4.78, 5) is 0. The highest BCUT2D eigenvalue weighted by Crippen LogP contribution is 2.12. The van der Waals surface area contributed by atoms with Crippen molar-refractivity contribution in [3.63, 3.8) is 0 Å². The number of nitriles is 1. The standard InChI is InChI=1S/C11H23N3O2S/c1-10(2)9-14(8-6-7-12)17(15,16)13(5)11(3)4/h10-11H,6,8-9H2,1-5H3. The normalized spacial score (nSPS) is 12.7. The van der Waals surface area contributed by atoms with Crippen LogP contribution in [0, 0.1) is 17.2 Å². The second-order valence-corrected chi connectivity index (χ2v) is 6.77. The molecule has 0 fully saturated rings. The van der Waals surface area contributed by atoms with Gasteiger partial charge in [-0.1, -0.05) is 13.8 Å². The molecule has 0 aromatic heterocycles. The first-order chi connectivity index (χ1) is 7.73. The van der Waals surface area contributed by atoms with Crippen molar-refractivity contribution in [2.24, 2.45) is 5.92 Å². The maximum absolute atomic E-state index is 12.3. The van der Waals surface area contributed by atoms with Gasteiger partial charge in [0.25, 0.3) is 10.2 Å². The second-order valence-electron chi connectivity index (χ2n) is 4.78. The summed E-state index contributed by atoms with van der Waals surface area (Å²) in [6.07, 6.45) is 0.220. The van der Waals surface area contributed by atoms with E-state index in [1.54, 1.807) is 7.05 Å². The Morgan fingerprint density at radius 3 is 2.12 bits per heavy atom. The number of rotatable bonds is 7. The van der Waals surface area contributed by atoms with Gasteiger partial charge in [-0.25, -0.2) is 0 Å². The second kappa shape index (κ2) is 6.94. The molecule has 0 aliphatic carbocycles. The van der Waals surface area contributed by atoms with Gasteiger partial charge >= 0.3 is 0 Å². The molecular formula is C11H23N3O2S. The zero-order valence-electron chi connectivity index (χ0n) is 11.3. The molecule has 100 valence electrons. The van der Waals surface area contributed by atoms with Gasteiger partial charge in [-0.05, 0) is 19.8 Å². The maximum atomic E-state index is 12.3. The van der Waals surface area contributed by atoms with Crippen LogP contribution in [0.4, 0.5) is 0 Å². The van der Waals surface area contributed by atoms with Gasteiger partial charge in [0.2, 0.25) is 0 Å². The van der Waals surface area contributed by atoms with Crippen molar-refractivity contribution in [2.75, 3.05) is 20.1 Å². The summed E-state index contributed by atoms with van der Waals surface area (Å²) in [5.74, 6) is 0.240. The van der Waals surface area contributed by atoms with Gasteiger partial charge in [-0.2, -0.15) is 22.3 Å². The number of hydrogen-bond acceptors (Lipinski definition) is 3. The fourth-order valence-electron chi connectivity index (χ4n) is 1.33. The summed E-state index contributed by atoms with van der Waals surface area (Å²) in [6.45, 7) is 8.29. The first-order valence-corrected chi connectivity index (χ1v) is 7.23. The molecule has 0 saturated heterocycles. The SMILES string of the molecule is CC(C)CN(CCC#N)S(=O)(=O)N(C)C(C)C. The predicted molar refractivity (Wildman–Crippen MR) is 68.5 cm³/mol. The van der Waals surface area contributed by atoms with Crippen molar-refractivity contribution in [2.45, 2.75) is 40.2 Å². The molecule has 17 heavy (non-hydrogen) atoms. The minimum absolute atomic E-state index is 0.0863. The van der Waals surface area contributed by atoms with Crippen LogP contribution in [0.2, 0.25) is 0 Å². The minimum atomic E-state index is -3.45. The van der Waals surface area contributed by atoms with E-state index in [0.29, 0.717) is 6.54 Å². The van der Waals surface area contributed by atoms with Gasteiger partial charge in [-0.15, -0.1) is 0 Å². The monoisotopic (exact) mass is 261 g/mol. The van der Waals surface area contributed by atoms with E-state index >= 15 is 0 Å². The van der Waals surface area contributed by atoms with E-state index in [2.05, 4.69) is 0 Å². The van der Waals surface area contributed by atoms with E-state index in [9.17, 15) is 8.42 Å². The molecule has 0 N–H and O–H groups in total. The Hall–Kier alpha value is -0.640. The molecule has 0 saturated carbocycles. The fourth-order valence-corrected chi connectivity index (χ4v) is 3.04. The van der Waals surface area contributed by atoms with Crippen molar-refractivity contribution < 1.29 is 8.42 Å². The molecular weight excluding hydrogens is 238 g/mol. The van der Waals surface area contributed by atoms with Crippen molar-refractivity contribution >= 4 is 10.2 Å². The van der Waals surface area contributed by atoms with Crippen LogP contribution in [0.1, 0.15) is 34.1 Å². The van der Waals surface area contributed by atoms with Crippen LogP contribution >= 0.6 is 0 Å². The Kier molecular flexibility index (Phi) is 6.68. The van der Waals surface area contributed by atoms with E-state index in [1.165, 1.54) is 8.61 Å². The lowest BCUT2D eigenvalue weighted by Gasteiger charge is -2.30. The van der Waals surface area contributed by atoms with Crippen molar-refractivity contribution in [1.82, 2.24) is 8.61 Å². The molecule has 0 radical (unpaired) electrons. The fraction of sp³-hybridized carbons (Fsp3) is 0.909. The predicted octanol–water partition coefficient (Wildman–Crippen LogP) is 1.44. The smallest absolute Gasteiger partial charge is 0.198 e. The molecule has 0 spiro atoms. The van der Waals surface area contributed by atoms with Crippen LogP contribution in [0.3, 0.4) is 0 Å². The van der Waals surface area contributed by atoms with E-state index in [4.69, 9.17) is 5.26 Å². The third kappa shape index (κ3) is 5.02. The molecule has 0 amide bonds. The Balaban J connectivity index is 4.95. The average Bonchev–Trinajstić information content (AvgIpc) is 2.22. The highest BCUT2D eigenvalue weighted by molar-refractivity contribution is 7.86. The molecule has 0 atom stereocenters. The lowest BCUT2D eigenvalue weighted by atomic mass is 10.2. The van der Waals surface area contributed by atoms with Crippen LogP contribution in [-0.4, -0.2) is 43.2 Å². The first-order valence-electron chi connectivity index (χ1n) is 5.83. The van der Waals surface area contributed by atoms with E-state index in [-0.39, 0.29) is 24.9 Å². The molecule has 0 aromatic carbocycles. The maximum Gasteiger partial charge on any atom is 0.281 e. The van der Waals surface area contributed by atoms with Gasteiger partial charge < -0.3 is 0 Å². The molecule has 0 unspecified atom stereocenters. The van der Waals surface area contributed by atoms with Gasteiger partial charge in [0.1, 0.15) is 0 Å². The summed E-state index contributed by atoms with van der Waals surface area (Å²) in [7, 11) is -1.88. The zero-order valence-corrected chi connectivity index (χ0v) is 12.2. The van der Waals surface area contributed by atoms with Gasteiger partial charge in [0, 0.05) is 32.6 Å². The average molecular weight is 261 g/mol. The lowest BCUT2D eigenvalue weighted by Crippen LogP contribution is -2.46. The van der Waals surface area contributed by atoms with E-state index < -0.39 is 10.2 Å². The third-order valence-corrected chi connectivity index (χ3v) is 4.59. The third-order valence-electron chi connectivity index (χ3n) is 2.46. The molecule has 0 bridgehead atoms. The summed E-state index contributed by atoms with van der Waals surface area (Å²) >= 11 is 0. The van der Waals surface area contributed by atoms with Crippen molar-refractivity contribution in [3.8, 4) is 6.07 Å². The van der Waals surface area contributed by atoms with Crippen LogP contribution < -0.4 is 0 Å². The highest BCUT2D eigenvalue weighted by Gasteiger charge is 2.28. The minimum Gasteiger partial charge on any atom is -0.198 e. The van der Waals surface area contributed by atoms with Crippen LogP contribution in [-0.2, 0) is 10.2 Å². The topological polar surface area (TPSA) is 64.4 Å². The van der Waals surface area contributed by atoms with Crippen LogP contribution in [0.5, 0.6) is 0 Å². The van der Waals surface area contributed by atoms with Crippen LogP contribution in [0.25, 0.3) is 0 Å². The highest BCUT2D eigenvalue weighted by atomic mass is 32.2. The largest absolute Gasteiger partial charge is 0.281 e. The van der Waals surface area contributed by atoms with Crippen molar-refractivity contribution in [1.29, 1.82) is 5.26 Å². The summed E-state index contributed by atoms with van der Waals surface area (Å²) in [5.41, 5.74) is 0. The van der Waals surface area contributed by atoms with Gasteiger partial charge in [0.15, 0.2) is 0 Å². The van der Waals surface area contributed by atoms with E-state index in [0.717, 1.165) is 0 Å². The summed E-state index contributed by atoms with van der Waals surface area (Å²) in [6, 6.07) is 1.90. The molecule has 0 aliphatic heterocycles. The molecule has 0 aromatic rings. The summed E-state index contributed by atoms with van der Waals surface area (Å²) in [5, 5.41) is 8.58. The lowest BCUT2D eigenvalue weighted by molar-refractivity contribution is 0.317. The van der Waals surface area contributed by atoms with Gasteiger partial charge in [-0.3, -0.25) is 0 Å². The molecule has 0 aliphatic rings. The molecule has 6 heteroatoms. The molecule has 0 rings (SSSR count). The molecule has 5 nitrogen and oxygen atoms in total. The molecule has 0 heterocycles. The van der Waals surface area contributed by atoms with Gasteiger partial charge in [0.05, 0.1) is 6.07 Å².